The zero-order valence-electron chi connectivity index (χ0n) is 12.6. The maximum absolute atomic E-state index is 13.0. The SMILES string of the molecule is O=[N+]([O-])c1cccc(CNCC(O)COc2ccc(F)c(F)c2)c1. The van der Waals surface area contributed by atoms with E-state index in [4.69, 9.17) is 4.74 Å². The van der Waals surface area contributed by atoms with Gasteiger partial charge in [-0.2, -0.15) is 0 Å². The zero-order valence-corrected chi connectivity index (χ0v) is 12.6. The number of nitrogens with one attached hydrogen (secondary N) is 1. The first-order valence-electron chi connectivity index (χ1n) is 7.15. The van der Waals surface area contributed by atoms with Crippen LogP contribution in [-0.4, -0.2) is 29.3 Å². The van der Waals surface area contributed by atoms with Gasteiger partial charge in [-0.15, -0.1) is 0 Å². The summed E-state index contributed by atoms with van der Waals surface area (Å²) in [6.45, 7) is 0.406. The van der Waals surface area contributed by atoms with Crippen molar-refractivity contribution in [2.45, 2.75) is 12.6 Å². The molecule has 24 heavy (non-hydrogen) atoms. The molecule has 0 saturated carbocycles. The second-order valence-electron chi connectivity index (χ2n) is 5.10. The number of aliphatic hydroxyl groups excluding tert-OH is 1. The third-order valence-electron chi connectivity index (χ3n) is 3.16. The summed E-state index contributed by atoms with van der Waals surface area (Å²) in [5.74, 6) is -1.88. The van der Waals surface area contributed by atoms with Crippen molar-refractivity contribution in [3.05, 3.63) is 69.8 Å². The monoisotopic (exact) mass is 338 g/mol. The Morgan fingerprint density at radius 2 is 2.00 bits per heavy atom. The Bertz CT molecular complexity index is 712. The highest BCUT2D eigenvalue weighted by atomic mass is 19.2. The van der Waals surface area contributed by atoms with Gasteiger partial charge in [0, 0.05) is 31.3 Å². The van der Waals surface area contributed by atoms with Crippen LogP contribution in [0.25, 0.3) is 0 Å². The number of halogens is 2. The second-order valence-corrected chi connectivity index (χ2v) is 5.10. The molecule has 0 amide bonds. The Kier molecular flexibility index (Phi) is 6.16. The van der Waals surface area contributed by atoms with E-state index in [0.29, 0.717) is 12.1 Å². The molecule has 1 unspecified atom stereocenters. The van der Waals surface area contributed by atoms with E-state index in [2.05, 4.69) is 5.32 Å². The van der Waals surface area contributed by atoms with Crippen LogP contribution in [0.4, 0.5) is 14.5 Å². The van der Waals surface area contributed by atoms with Crippen LogP contribution < -0.4 is 10.1 Å². The number of non-ortho nitro benzene ring substituents is 1. The van der Waals surface area contributed by atoms with E-state index in [1.807, 2.05) is 0 Å². The fraction of sp³-hybridized carbons (Fsp3) is 0.250. The van der Waals surface area contributed by atoms with E-state index in [1.165, 1.54) is 18.2 Å². The zero-order chi connectivity index (χ0) is 17.5. The highest BCUT2D eigenvalue weighted by molar-refractivity contribution is 5.34. The molecule has 0 aromatic heterocycles. The molecule has 0 aliphatic carbocycles. The molecule has 0 aliphatic rings. The number of hydrogen-bond acceptors (Lipinski definition) is 5. The number of aliphatic hydroxyl groups is 1. The van der Waals surface area contributed by atoms with E-state index >= 15 is 0 Å². The number of ether oxygens (including phenoxy) is 1. The topological polar surface area (TPSA) is 84.6 Å². The van der Waals surface area contributed by atoms with E-state index < -0.39 is 22.7 Å². The smallest absolute Gasteiger partial charge is 0.269 e. The number of nitrogens with zero attached hydrogens (tertiary/aromatic N) is 1. The van der Waals surface area contributed by atoms with E-state index in [-0.39, 0.29) is 24.6 Å². The van der Waals surface area contributed by atoms with Crippen molar-refractivity contribution >= 4 is 5.69 Å². The molecule has 6 nitrogen and oxygen atoms in total. The van der Waals surface area contributed by atoms with Crippen LogP contribution in [0, 0.1) is 21.7 Å². The van der Waals surface area contributed by atoms with Crippen LogP contribution in [0.1, 0.15) is 5.56 Å². The van der Waals surface area contributed by atoms with Crippen molar-refractivity contribution < 1.29 is 23.5 Å². The molecule has 2 aromatic carbocycles. The highest BCUT2D eigenvalue weighted by Crippen LogP contribution is 2.15. The Hall–Kier alpha value is -2.58. The number of hydrogen-bond donors (Lipinski definition) is 2. The highest BCUT2D eigenvalue weighted by Gasteiger charge is 2.09. The summed E-state index contributed by atoms with van der Waals surface area (Å²) in [6.07, 6.45) is -0.878. The predicted octanol–water partition coefficient (Wildman–Crippen LogP) is 2.40. The Morgan fingerprint density at radius 1 is 1.21 bits per heavy atom. The average molecular weight is 338 g/mol. The first-order chi connectivity index (χ1) is 11.5. The molecule has 0 saturated heterocycles. The third kappa shape index (κ3) is 5.25. The van der Waals surface area contributed by atoms with Gasteiger partial charge in [0.1, 0.15) is 18.5 Å². The van der Waals surface area contributed by atoms with Gasteiger partial charge in [-0.25, -0.2) is 8.78 Å². The predicted molar refractivity (Wildman–Crippen MR) is 82.7 cm³/mol. The van der Waals surface area contributed by atoms with Crippen LogP contribution in [0.2, 0.25) is 0 Å². The van der Waals surface area contributed by atoms with Crippen LogP contribution in [-0.2, 0) is 6.54 Å². The lowest BCUT2D eigenvalue weighted by atomic mass is 10.2. The Balaban J connectivity index is 1.75. The van der Waals surface area contributed by atoms with Gasteiger partial charge in [0.25, 0.3) is 5.69 Å². The van der Waals surface area contributed by atoms with Gasteiger partial charge in [-0.05, 0) is 17.7 Å². The standard InChI is InChI=1S/C16H16F2N2O4/c17-15-5-4-14(7-16(15)18)24-10-13(21)9-19-8-11-2-1-3-12(6-11)20(22)23/h1-7,13,19,21H,8-10H2. The molecule has 0 heterocycles. The lowest BCUT2D eigenvalue weighted by Crippen LogP contribution is -2.31. The number of benzene rings is 2. The van der Waals surface area contributed by atoms with Gasteiger partial charge in [0.05, 0.1) is 4.92 Å². The second kappa shape index (κ2) is 8.32. The minimum Gasteiger partial charge on any atom is -0.491 e. The van der Waals surface area contributed by atoms with E-state index in [9.17, 15) is 24.0 Å². The number of nitro groups is 1. The molecule has 1 atom stereocenters. The van der Waals surface area contributed by atoms with Gasteiger partial charge < -0.3 is 15.2 Å². The lowest BCUT2D eigenvalue weighted by molar-refractivity contribution is -0.384. The third-order valence-corrected chi connectivity index (χ3v) is 3.16. The fourth-order valence-corrected chi connectivity index (χ4v) is 1.98. The van der Waals surface area contributed by atoms with E-state index in [1.54, 1.807) is 12.1 Å². The molecule has 2 N–H and O–H groups in total. The Labute approximate surface area is 136 Å². The molecule has 128 valence electrons. The molecule has 0 bridgehead atoms. The number of nitro benzene ring substituents is 1. The summed E-state index contributed by atoms with van der Waals surface area (Å²) in [4.78, 5) is 10.2. The van der Waals surface area contributed by atoms with Gasteiger partial charge in [0.15, 0.2) is 11.6 Å². The largest absolute Gasteiger partial charge is 0.491 e. The molecule has 2 aromatic rings. The normalized spacial score (nSPS) is 12.0. The first kappa shape index (κ1) is 17.8. The van der Waals surface area contributed by atoms with Gasteiger partial charge in [-0.1, -0.05) is 12.1 Å². The summed E-state index contributed by atoms with van der Waals surface area (Å²) in [5, 5.41) is 23.4. The molecule has 0 spiro atoms. The summed E-state index contributed by atoms with van der Waals surface area (Å²) < 4.78 is 30.9. The van der Waals surface area contributed by atoms with Crippen LogP contribution in [0.3, 0.4) is 0 Å². The van der Waals surface area contributed by atoms with Gasteiger partial charge in [0.2, 0.25) is 0 Å². The maximum Gasteiger partial charge on any atom is 0.269 e. The molecule has 2 rings (SSSR count). The minimum atomic E-state index is -1.02. The molecular weight excluding hydrogens is 322 g/mol. The van der Waals surface area contributed by atoms with Gasteiger partial charge >= 0.3 is 0 Å². The van der Waals surface area contributed by atoms with Crippen molar-refractivity contribution in [2.24, 2.45) is 0 Å². The van der Waals surface area contributed by atoms with Crippen molar-refractivity contribution in [3.63, 3.8) is 0 Å². The molecule has 0 radical (unpaired) electrons. The first-order valence-corrected chi connectivity index (χ1v) is 7.15. The van der Waals surface area contributed by atoms with Crippen molar-refractivity contribution in [2.75, 3.05) is 13.2 Å². The van der Waals surface area contributed by atoms with Crippen LogP contribution in [0.5, 0.6) is 5.75 Å². The summed E-state index contributed by atoms with van der Waals surface area (Å²) in [5.41, 5.74) is 0.703. The maximum atomic E-state index is 13.0. The van der Waals surface area contributed by atoms with Crippen LogP contribution in [0.15, 0.2) is 42.5 Å². The average Bonchev–Trinajstić information content (AvgIpc) is 2.56. The van der Waals surface area contributed by atoms with E-state index in [0.717, 1.165) is 12.1 Å². The lowest BCUT2D eigenvalue weighted by Gasteiger charge is -2.13. The summed E-state index contributed by atoms with van der Waals surface area (Å²) in [6, 6.07) is 9.25. The minimum absolute atomic E-state index is 0.00322. The molecular formula is C16H16F2N2O4. The quantitative estimate of drug-likeness (QED) is 0.570. The van der Waals surface area contributed by atoms with Gasteiger partial charge in [-0.3, -0.25) is 10.1 Å². The Morgan fingerprint density at radius 3 is 2.71 bits per heavy atom. The fourth-order valence-electron chi connectivity index (χ4n) is 1.98. The van der Waals surface area contributed by atoms with Crippen LogP contribution >= 0.6 is 0 Å². The van der Waals surface area contributed by atoms with Crippen molar-refractivity contribution in [3.8, 4) is 5.75 Å². The summed E-state index contributed by atoms with van der Waals surface area (Å²) >= 11 is 0. The van der Waals surface area contributed by atoms with Crippen molar-refractivity contribution in [1.29, 1.82) is 0 Å². The molecule has 8 heteroatoms. The van der Waals surface area contributed by atoms with Crippen molar-refractivity contribution in [1.82, 2.24) is 5.32 Å². The number of rotatable bonds is 8. The molecule has 0 aliphatic heterocycles. The summed E-state index contributed by atoms with van der Waals surface area (Å²) in [7, 11) is 0. The molecule has 0 fully saturated rings.